The molecule has 1 aromatic rings. The van der Waals surface area contributed by atoms with Gasteiger partial charge in [-0.15, -0.1) is 12.4 Å². The number of rotatable bonds is 6. The van der Waals surface area contributed by atoms with Crippen LogP contribution >= 0.6 is 12.4 Å². The number of hydrogen-bond acceptors (Lipinski definition) is 4. The first kappa shape index (κ1) is 21.9. The van der Waals surface area contributed by atoms with Crippen molar-refractivity contribution in [3.63, 3.8) is 0 Å². The number of benzene rings is 1. The Hall–Kier alpha value is -1.15. The number of hydrogen-bond donors (Lipinski definition) is 3. The van der Waals surface area contributed by atoms with Crippen LogP contribution in [0.4, 0.5) is 0 Å². The monoisotopic (exact) mass is 389 g/mol. The van der Waals surface area contributed by atoms with Crippen LogP contribution in [0.5, 0.6) is 0 Å². The van der Waals surface area contributed by atoms with E-state index in [9.17, 15) is 13.2 Å². The summed E-state index contributed by atoms with van der Waals surface area (Å²) < 4.78 is 26.9. The van der Waals surface area contributed by atoms with Gasteiger partial charge in [0.15, 0.2) is 0 Å². The molecule has 142 valence electrons. The Balaban J connectivity index is 0.00000312. The zero-order valence-electron chi connectivity index (χ0n) is 14.9. The van der Waals surface area contributed by atoms with Crippen molar-refractivity contribution in [2.75, 3.05) is 13.1 Å². The fourth-order valence-corrected chi connectivity index (χ4v) is 3.85. The van der Waals surface area contributed by atoms with E-state index in [0.717, 1.165) is 19.4 Å². The molecule has 1 aromatic carbocycles. The topological polar surface area (TPSA) is 87.3 Å². The lowest BCUT2D eigenvalue weighted by Gasteiger charge is -2.30. The molecule has 1 aliphatic rings. The van der Waals surface area contributed by atoms with E-state index in [4.69, 9.17) is 0 Å². The van der Waals surface area contributed by atoms with Crippen LogP contribution in [0.15, 0.2) is 29.2 Å². The molecule has 0 aliphatic carbocycles. The van der Waals surface area contributed by atoms with Crippen molar-refractivity contribution in [3.8, 4) is 0 Å². The number of amides is 1. The van der Waals surface area contributed by atoms with Gasteiger partial charge in [-0.25, -0.2) is 13.1 Å². The zero-order chi connectivity index (χ0) is 17.7. The largest absolute Gasteiger partial charge is 0.348 e. The Labute approximate surface area is 156 Å². The first-order chi connectivity index (χ1) is 11.3. The van der Waals surface area contributed by atoms with E-state index in [1.165, 1.54) is 12.1 Å². The number of nitrogens with one attached hydrogen (secondary N) is 3. The van der Waals surface area contributed by atoms with Crippen LogP contribution in [-0.4, -0.2) is 39.5 Å². The van der Waals surface area contributed by atoms with E-state index in [0.29, 0.717) is 12.1 Å². The van der Waals surface area contributed by atoms with Crippen molar-refractivity contribution in [1.82, 2.24) is 15.4 Å². The summed E-state index contributed by atoms with van der Waals surface area (Å²) in [4.78, 5) is 12.5. The molecule has 2 atom stereocenters. The number of carbonyl (C=O) groups excluding carboxylic acids is 1. The van der Waals surface area contributed by atoms with E-state index >= 15 is 0 Å². The van der Waals surface area contributed by atoms with Crippen LogP contribution in [0.1, 0.15) is 44.0 Å². The van der Waals surface area contributed by atoms with Crippen molar-refractivity contribution in [2.24, 2.45) is 5.92 Å². The van der Waals surface area contributed by atoms with Crippen molar-refractivity contribution in [3.05, 3.63) is 29.8 Å². The molecule has 1 heterocycles. The molecule has 25 heavy (non-hydrogen) atoms. The maximum absolute atomic E-state index is 12.3. The predicted molar refractivity (Wildman–Crippen MR) is 102 cm³/mol. The van der Waals surface area contributed by atoms with Gasteiger partial charge in [0.1, 0.15) is 0 Å². The number of sulfonamides is 1. The zero-order valence-corrected chi connectivity index (χ0v) is 16.5. The van der Waals surface area contributed by atoms with E-state index in [1.807, 2.05) is 13.8 Å². The molecular formula is C17H28ClN3O3S. The third-order valence-electron chi connectivity index (χ3n) is 4.19. The average Bonchev–Trinajstić information content (AvgIpc) is 2.55. The number of carbonyl (C=O) groups is 1. The van der Waals surface area contributed by atoms with Gasteiger partial charge in [0.25, 0.3) is 5.91 Å². The van der Waals surface area contributed by atoms with Crippen LogP contribution in [-0.2, 0) is 10.0 Å². The van der Waals surface area contributed by atoms with Gasteiger partial charge in [-0.2, -0.15) is 0 Å². The lowest BCUT2D eigenvalue weighted by molar-refractivity contribution is 0.0919. The SMILES string of the molecule is CC(C)CNS(=O)(=O)c1ccc(C(=O)NC2CCCNC2C)cc1.Cl. The molecule has 1 fully saturated rings. The van der Waals surface area contributed by atoms with E-state index in [1.54, 1.807) is 12.1 Å². The van der Waals surface area contributed by atoms with Gasteiger partial charge in [0.05, 0.1) is 4.90 Å². The normalized spacial score (nSPS) is 20.8. The quantitative estimate of drug-likeness (QED) is 0.693. The minimum atomic E-state index is -3.53. The van der Waals surface area contributed by atoms with E-state index in [-0.39, 0.29) is 41.2 Å². The van der Waals surface area contributed by atoms with Crippen LogP contribution in [0.25, 0.3) is 0 Å². The smallest absolute Gasteiger partial charge is 0.251 e. The second kappa shape index (κ2) is 9.52. The fourth-order valence-electron chi connectivity index (χ4n) is 2.64. The summed E-state index contributed by atoms with van der Waals surface area (Å²) in [7, 11) is -3.53. The molecule has 2 rings (SSSR count). The van der Waals surface area contributed by atoms with Crippen LogP contribution < -0.4 is 15.4 Å². The molecule has 0 aromatic heterocycles. The molecule has 1 aliphatic heterocycles. The van der Waals surface area contributed by atoms with Gasteiger partial charge < -0.3 is 10.6 Å². The summed E-state index contributed by atoms with van der Waals surface area (Å²) in [6, 6.07) is 6.39. The molecule has 2 unspecified atom stereocenters. The minimum absolute atomic E-state index is 0. The van der Waals surface area contributed by atoms with Gasteiger partial charge in [0.2, 0.25) is 10.0 Å². The highest BCUT2D eigenvalue weighted by molar-refractivity contribution is 7.89. The van der Waals surface area contributed by atoms with Gasteiger partial charge in [-0.3, -0.25) is 4.79 Å². The Morgan fingerprint density at radius 3 is 2.48 bits per heavy atom. The maximum atomic E-state index is 12.3. The van der Waals surface area contributed by atoms with Crippen LogP contribution in [0.2, 0.25) is 0 Å². The molecule has 0 bridgehead atoms. The second-order valence-corrected chi connectivity index (χ2v) is 8.50. The molecule has 0 radical (unpaired) electrons. The molecule has 3 N–H and O–H groups in total. The molecule has 0 saturated carbocycles. The summed E-state index contributed by atoms with van der Waals surface area (Å²) in [6.45, 7) is 7.30. The van der Waals surface area contributed by atoms with Gasteiger partial charge >= 0.3 is 0 Å². The fraction of sp³-hybridized carbons (Fsp3) is 0.588. The van der Waals surface area contributed by atoms with Crippen LogP contribution in [0, 0.1) is 5.92 Å². The van der Waals surface area contributed by atoms with E-state index < -0.39 is 10.0 Å². The minimum Gasteiger partial charge on any atom is -0.348 e. The first-order valence-corrected chi connectivity index (χ1v) is 9.92. The Bertz CT molecular complexity index is 662. The summed E-state index contributed by atoms with van der Waals surface area (Å²) >= 11 is 0. The highest BCUT2D eigenvalue weighted by Crippen LogP contribution is 2.13. The predicted octanol–water partition coefficient (Wildman–Crippen LogP) is 1.91. The van der Waals surface area contributed by atoms with E-state index in [2.05, 4.69) is 22.3 Å². The standard InChI is InChI=1S/C17H27N3O3S.ClH/c1-12(2)11-19-24(22,23)15-8-6-14(7-9-15)17(21)20-16-5-4-10-18-13(16)3;/h6-9,12-13,16,18-19H,4-5,10-11H2,1-3H3,(H,20,21);1H. The summed E-state index contributed by atoms with van der Waals surface area (Å²) in [5.74, 6) is 0.0607. The highest BCUT2D eigenvalue weighted by Gasteiger charge is 2.23. The lowest BCUT2D eigenvalue weighted by atomic mass is 9.99. The highest BCUT2D eigenvalue weighted by atomic mass is 35.5. The Kier molecular flexibility index (Phi) is 8.34. The maximum Gasteiger partial charge on any atom is 0.251 e. The molecule has 1 saturated heterocycles. The van der Waals surface area contributed by atoms with Gasteiger partial charge in [-0.1, -0.05) is 13.8 Å². The van der Waals surface area contributed by atoms with Crippen molar-refractivity contribution < 1.29 is 13.2 Å². The van der Waals surface area contributed by atoms with Crippen molar-refractivity contribution in [2.45, 2.75) is 50.6 Å². The summed E-state index contributed by atoms with van der Waals surface area (Å²) in [6.07, 6.45) is 1.99. The molecular weight excluding hydrogens is 362 g/mol. The molecule has 8 heteroatoms. The molecule has 0 spiro atoms. The second-order valence-electron chi connectivity index (χ2n) is 6.74. The number of piperidine rings is 1. The average molecular weight is 390 g/mol. The molecule has 1 amide bonds. The lowest BCUT2D eigenvalue weighted by Crippen LogP contribution is -2.51. The third kappa shape index (κ3) is 6.26. The number of halogens is 1. The molecule has 6 nitrogen and oxygen atoms in total. The van der Waals surface area contributed by atoms with Crippen molar-refractivity contribution in [1.29, 1.82) is 0 Å². The first-order valence-electron chi connectivity index (χ1n) is 8.43. The van der Waals surface area contributed by atoms with Crippen LogP contribution in [0.3, 0.4) is 0 Å². The Morgan fingerprint density at radius 2 is 1.92 bits per heavy atom. The van der Waals surface area contributed by atoms with Gasteiger partial charge in [0, 0.05) is 24.2 Å². The van der Waals surface area contributed by atoms with Gasteiger partial charge in [-0.05, 0) is 56.5 Å². The summed E-state index contributed by atoms with van der Waals surface area (Å²) in [5.41, 5.74) is 0.468. The van der Waals surface area contributed by atoms with Crippen molar-refractivity contribution >= 4 is 28.3 Å². The third-order valence-corrected chi connectivity index (χ3v) is 5.63. The summed E-state index contributed by atoms with van der Waals surface area (Å²) in [5, 5.41) is 6.36. The Morgan fingerprint density at radius 1 is 1.28 bits per heavy atom.